The molecule has 0 aliphatic rings. The summed E-state index contributed by atoms with van der Waals surface area (Å²) in [6.45, 7) is 14.4. The first kappa shape index (κ1) is 24.8. The Kier molecular flexibility index (Phi) is 6.95. The highest BCUT2D eigenvalue weighted by atomic mass is 15.2. The molecule has 0 unspecified atom stereocenters. The third-order valence-electron chi connectivity index (χ3n) is 6.09. The van der Waals surface area contributed by atoms with Crippen molar-refractivity contribution in [3.63, 3.8) is 0 Å². The molecule has 0 aliphatic heterocycles. The third-order valence-corrected chi connectivity index (χ3v) is 6.09. The summed E-state index contributed by atoms with van der Waals surface area (Å²) in [5.74, 6) is 1.20. The Hall–Kier alpha value is -4.85. The summed E-state index contributed by atoms with van der Waals surface area (Å²) in [4.78, 5) is 21.6. The Labute approximate surface area is 221 Å². The molecule has 0 aliphatic carbocycles. The molecular weight excluding hydrogens is 472 g/mol. The van der Waals surface area contributed by atoms with Gasteiger partial charge in [-0.2, -0.15) is 5.10 Å². The second kappa shape index (κ2) is 10.6. The minimum atomic E-state index is 0.524. The topological polar surface area (TPSA) is 108 Å². The Morgan fingerprint density at radius 2 is 1.95 bits per heavy atom. The van der Waals surface area contributed by atoms with Gasteiger partial charge in [0.25, 0.3) is 0 Å². The molecule has 8 nitrogen and oxygen atoms in total. The van der Waals surface area contributed by atoms with Gasteiger partial charge in [-0.15, -0.1) is 0 Å². The van der Waals surface area contributed by atoms with Crippen LogP contribution in [0.5, 0.6) is 0 Å². The number of fused-ring (bicyclic) bond motifs is 1. The highest BCUT2D eigenvalue weighted by Gasteiger charge is 2.18. The van der Waals surface area contributed by atoms with Gasteiger partial charge >= 0.3 is 0 Å². The van der Waals surface area contributed by atoms with E-state index in [0.717, 1.165) is 62.5 Å². The monoisotopic (exact) mass is 502 g/mol. The molecular formula is C30H30N8. The van der Waals surface area contributed by atoms with E-state index in [0.29, 0.717) is 17.4 Å². The Bertz CT molecular complexity index is 1640. The minimum Gasteiger partial charge on any atom is -0.358 e. The first-order chi connectivity index (χ1) is 18.4. The number of rotatable bonds is 9. The molecule has 0 radical (unpaired) electrons. The molecule has 5 aromatic heterocycles. The minimum absolute atomic E-state index is 0.524. The number of H-pyrrole nitrogens is 2. The molecule has 3 N–H and O–H groups in total. The zero-order chi connectivity index (χ0) is 26.6. The number of imidazole rings is 1. The van der Waals surface area contributed by atoms with Gasteiger partial charge in [-0.05, 0) is 37.5 Å². The first-order valence-corrected chi connectivity index (χ1v) is 12.5. The number of nitrogens with one attached hydrogen (secondary N) is 3. The summed E-state index contributed by atoms with van der Waals surface area (Å²) in [6, 6.07) is 8.03. The number of aryl methyl sites for hydroxylation is 1. The van der Waals surface area contributed by atoms with E-state index in [-0.39, 0.29) is 0 Å². The maximum absolute atomic E-state index is 4.94. The van der Waals surface area contributed by atoms with Crippen molar-refractivity contribution >= 4 is 22.3 Å². The fourth-order valence-corrected chi connectivity index (χ4v) is 4.45. The van der Waals surface area contributed by atoms with Crippen molar-refractivity contribution in [2.45, 2.75) is 27.2 Å². The second-order valence-electron chi connectivity index (χ2n) is 9.60. The van der Waals surface area contributed by atoms with Gasteiger partial charge in [0.2, 0.25) is 0 Å². The molecule has 0 aromatic carbocycles. The molecule has 0 saturated heterocycles. The third kappa shape index (κ3) is 5.15. The quantitative estimate of drug-likeness (QED) is 0.194. The van der Waals surface area contributed by atoms with E-state index in [1.54, 1.807) is 18.5 Å². The number of hydrogen-bond acceptors (Lipinski definition) is 6. The summed E-state index contributed by atoms with van der Waals surface area (Å²) in [5, 5.41) is 11.8. The number of anilines is 1. The first-order valence-electron chi connectivity index (χ1n) is 12.5. The number of nitrogens with zero attached hydrogens (tertiary/aromatic N) is 5. The number of pyridine rings is 3. The van der Waals surface area contributed by atoms with Crippen LogP contribution in [-0.2, 0) is 0 Å². The lowest BCUT2D eigenvalue weighted by Crippen LogP contribution is -2.02. The van der Waals surface area contributed by atoms with Gasteiger partial charge in [0.15, 0.2) is 11.5 Å². The van der Waals surface area contributed by atoms with Crippen LogP contribution in [0, 0.1) is 12.8 Å². The molecule has 38 heavy (non-hydrogen) atoms. The van der Waals surface area contributed by atoms with Crippen LogP contribution in [0.3, 0.4) is 0 Å². The standard InChI is InChI=1S/C30H30N8/c1-6-8-25(21-9-7-10-31-14-21)27-20(5)35-30(36-27)28-26-13-23(16-33-29(26)38-37-28)22-12-24(17-32-15-22)34-19(4)11-18(2)3/h6-10,12-18,34H,1,4,11H2,2-3,5H3,(H,35,36)(H,33,37,38)/b25-8-. The van der Waals surface area contributed by atoms with E-state index in [4.69, 9.17) is 4.98 Å². The predicted octanol–water partition coefficient (Wildman–Crippen LogP) is 6.70. The summed E-state index contributed by atoms with van der Waals surface area (Å²) >= 11 is 0. The van der Waals surface area contributed by atoms with Gasteiger partial charge in [0.05, 0.1) is 23.0 Å². The van der Waals surface area contributed by atoms with E-state index >= 15 is 0 Å². The van der Waals surface area contributed by atoms with Crippen LogP contribution in [0.1, 0.15) is 37.2 Å². The van der Waals surface area contributed by atoms with E-state index < -0.39 is 0 Å². The SMILES string of the molecule is C=C/C=C(/c1cccnc1)c1nc(-c2[nH]nc3ncc(-c4cncc(NC(=C)CC(C)C)c4)cc23)[nH]c1C. The maximum atomic E-state index is 4.94. The zero-order valence-electron chi connectivity index (χ0n) is 21.8. The summed E-state index contributed by atoms with van der Waals surface area (Å²) in [5.41, 5.74) is 8.75. The lowest BCUT2D eigenvalue weighted by atomic mass is 10.0. The van der Waals surface area contributed by atoms with Crippen LogP contribution < -0.4 is 5.32 Å². The average Bonchev–Trinajstić information content (AvgIpc) is 3.50. The number of aromatic amines is 2. The lowest BCUT2D eigenvalue weighted by molar-refractivity contribution is 0.645. The highest BCUT2D eigenvalue weighted by Crippen LogP contribution is 2.31. The molecule has 8 heteroatoms. The van der Waals surface area contributed by atoms with Crippen molar-refractivity contribution < 1.29 is 0 Å². The van der Waals surface area contributed by atoms with E-state index in [1.807, 2.05) is 43.7 Å². The molecule has 5 aromatic rings. The molecule has 0 saturated carbocycles. The maximum Gasteiger partial charge on any atom is 0.181 e. The zero-order valence-corrected chi connectivity index (χ0v) is 21.8. The van der Waals surface area contributed by atoms with Gasteiger partial charge in [0.1, 0.15) is 5.69 Å². The molecule has 0 spiro atoms. The molecule has 0 fully saturated rings. The van der Waals surface area contributed by atoms with Crippen LogP contribution in [0.2, 0.25) is 0 Å². The van der Waals surface area contributed by atoms with Gasteiger partial charge in [0, 0.05) is 58.4 Å². The smallest absolute Gasteiger partial charge is 0.181 e. The highest BCUT2D eigenvalue weighted by molar-refractivity contribution is 5.92. The molecule has 190 valence electrons. The van der Waals surface area contributed by atoms with Gasteiger partial charge < -0.3 is 10.3 Å². The van der Waals surface area contributed by atoms with Crippen LogP contribution in [0.25, 0.3) is 39.3 Å². The van der Waals surface area contributed by atoms with Crippen molar-refractivity contribution in [1.82, 2.24) is 35.1 Å². The fourth-order valence-electron chi connectivity index (χ4n) is 4.45. The van der Waals surface area contributed by atoms with Crippen LogP contribution in [0.4, 0.5) is 5.69 Å². The summed E-state index contributed by atoms with van der Waals surface area (Å²) < 4.78 is 0. The average molecular weight is 503 g/mol. The van der Waals surface area contributed by atoms with Gasteiger partial charge in [-0.3, -0.25) is 15.1 Å². The van der Waals surface area contributed by atoms with Crippen molar-refractivity contribution in [1.29, 1.82) is 0 Å². The van der Waals surface area contributed by atoms with Crippen molar-refractivity contribution in [3.05, 3.63) is 103 Å². The fraction of sp³-hybridized carbons (Fsp3) is 0.167. The van der Waals surface area contributed by atoms with Gasteiger partial charge in [-0.25, -0.2) is 9.97 Å². The Morgan fingerprint density at radius 1 is 1.11 bits per heavy atom. The molecule has 5 heterocycles. The largest absolute Gasteiger partial charge is 0.358 e. The van der Waals surface area contributed by atoms with E-state index in [9.17, 15) is 0 Å². The van der Waals surface area contributed by atoms with E-state index in [2.05, 4.69) is 74.6 Å². The van der Waals surface area contributed by atoms with Crippen LogP contribution in [0.15, 0.2) is 86.3 Å². The predicted molar refractivity (Wildman–Crippen MR) is 153 cm³/mol. The lowest BCUT2D eigenvalue weighted by Gasteiger charge is -2.12. The second-order valence-corrected chi connectivity index (χ2v) is 9.60. The van der Waals surface area contributed by atoms with Crippen LogP contribution in [-0.4, -0.2) is 35.1 Å². The van der Waals surface area contributed by atoms with Crippen molar-refractivity contribution in [3.8, 4) is 22.6 Å². The normalized spacial score (nSPS) is 11.7. The number of allylic oxidation sites excluding steroid dienone is 3. The molecule has 5 rings (SSSR count). The molecule has 0 bridgehead atoms. The number of aromatic nitrogens is 7. The summed E-state index contributed by atoms with van der Waals surface area (Å²) in [7, 11) is 0. The Morgan fingerprint density at radius 3 is 2.71 bits per heavy atom. The molecule has 0 amide bonds. The van der Waals surface area contributed by atoms with Crippen molar-refractivity contribution in [2.24, 2.45) is 5.92 Å². The van der Waals surface area contributed by atoms with Crippen molar-refractivity contribution in [2.75, 3.05) is 5.32 Å². The summed E-state index contributed by atoms with van der Waals surface area (Å²) in [6.07, 6.45) is 13.6. The van der Waals surface area contributed by atoms with Gasteiger partial charge in [-0.1, -0.05) is 45.2 Å². The number of hydrogen-bond donors (Lipinski definition) is 3. The Balaban J connectivity index is 1.51. The van der Waals surface area contributed by atoms with Crippen LogP contribution >= 0.6 is 0 Å². The molecule has 0 atom stereocenters. The van der Waals surface area contributed by atoms with E-state index in [1.165, 1.54) is 0 Å².